The summed E-state index contributed by atoms with van der Waals surface area (Å²) < 4.78 is 11.2. The van der Waals surface area contributed by atoms with Gasteiger partial charge < -0.3 is 29.4 Å². The number of H-pyrrole nitrogens is 2. The highest BCUT2D eigenvalue weighted by Crippen LogP contribution is 2.36. The van der Waals surface area contributed by atoms with Gasteiger partial charge in [-0.2, -0.15) is 5.26 Å². The van der Waals surface area contributed by atoms with Gasteiger partial charge in [0, 0.05) is 67.4 Å². The van der Waals surface area contributed by atoms with Gasteiger partial charge in [0.2, 0.25) is 0 Å². The lowest BCUT2D eigenvalue weighted by Crippen LogP contribution is -2.48. The van der Waals surface area contributed by atoms with Crippen molar-refractivity contribution in [3.63, 3.8) is 0 Å². The van der Waals surface area contributed by atoms with E-state index < -0.39 is 5.97 Å². The van der Waals surface area contributed by atoms with Crippen molar-refractivity contribution in [3.05, 3.63) is 116 Å². The number of hydrogen-bond acceptors (Lipinski definition) is 8. The molecule has 2 aliphatic heterocycles. The summed E-state index contributed by atoms with van der Waals surface area (Å²) in [5.41, 5.74) is 7.20. The Balaban J connectivity index is 0.967. The van der Waals surface area contributed by atoms with Crippen LogP contribution in [0, 0.1) is 25.2 Å². The first-order chi connectivity index (χ1) is 27.1. The summed E-state index contributed by atoms with van der Waals surface area (Å²) >= 11 is 13.4. The molecule has 290 valence electrons. The van der Waals surface area contributed by atoms with E-state index in [2.05, 4.69) is 16.0 Å². The number of hydrogen-bond donors (Lipinski definition) is 3. The average molecular weight is 796 g/mol. The Morgan fingerprint density at radius 3 is 2.23 bits per heavy atom. The van der Waals surface area contributed by atoms with Gasteiger partial charge in [0.05, 0.1) is 23.8 Å². The number of carbonyl (C=O) groups is 2. The fourth-order valence-electron chi connectivity index (χ4n) is 7.49. The fourth-order valence-corrected chi connectivity index (χ4v) is 7.97. The molecule has 3 N–H and O–H groups in total. The van der Waals surface area contributed by atoms with E-state index in [1.165, 1.54) is 0 Å². The van der Waals surface area contributed by atoms with Crippen LogP contribution in [0.4, 0.5) is 0 Å². The predicted octanol–water partition coefficient (Wildman–Crippen LogP) is 8.50. The highest BCUT2D eigenvalue weighted by Gasteiger charge is 2.33. The van der Waals surface area contributed by atoms with Crippen LogP contribution in [0.5, 0.6) is 0 Å². The van der Waals surface area contributed by atoms with Gasteiger partial charge in [-0.05, 0) is 99.0 Å². The molecule has 1 unspecified atom stereocenters. The molecule has 2 fully saturated rings. The van der Waals surface area contributed by atoms with Gasteiger partial charge in [0.25, 0.3) is 5.91 Å². The number of benzene rings is 3. The van der Waals surface area contributed by atoms with Crippen molar-refractivity contribution in [2.75, 3.05) is 39.5 Å². The smallest absolute Gasteiger partial charge is 0.338 e. The normalized spacial score (nSPS) is 15.3. The summed E-state index contributed by atoms with van der Waals surface area (Å²) in [6.07, 6.45) is 3.31. The van der Waals surface area contributed by atoms with Crippen molar-refractivity contribution in [3.8, 4) is 28.6 Å². The molecule has 4 heterocycles. The minimum atomic E-state index is -0.447. The highest BCUT2D eigenvalue weighted by molar-refractivity contribution is 6.32. The molecule has 0 radical (unpaired) electrons. The monoisotopic (exact) mass is 794 g/mol. The number of aryl methyl sites for hydroxylation is 2. The van der Waals surface area contributed by atoms with Gasteiger partial charge in [-0.3, -0.25) is 4.79 Å². The second kappa shape index (κ2) is 17.4. The van der Waals surface area contributed by atoms with Gasteiger partial charge in [-0.25, -0.2) is 14.8 Å². The molecule has 11 nitrogen and oxygen atoms in total. The van der Waals surface area contributed by atoms with Crippen molar-refractivity contribution in [2.45, 2.75) is 63.7 Å². The molecule has 3 aromatic carbocycles. The van der Waals surface area contributed by atoms with E-state index in [1.807, 2.05) is 55.1 Å². The number of esters is 1. The first-order valence-corrected chi connectivity index (χ1v) is 19.8. The van der Waals surface area contributed by atoms with Crippen LogP contribution >= 0.6 is 23.2 Å². The van der Waals surface area contributed by atoms with Crippen molar-refractivity contribution < 1.29 is 24.2 Å². The van der Waals surface area contributed by atoms with Crippen LogP contribution in [0.2, 0.25) is 10.3 Å². The molecule has 0 spiro atoms. The molecule has 2 aliphatic rings. The molecule has 1 amide bonds. The van der Waals surface area contributed by atoms with Crippen LogP contribution in [0.25, 0.3) is 22.5 Å². The highest BCUT2D eigenvalue weighted by atomic mass is 35.5. The molecule has 0 saturated carbocycles. The zero-order valence-corrected chi connectivity index (χ0v) is 32.9. The number of aromatic amines is 2. The van der Waals surface area contributed by atoms with E-state index in [4.69, 9.17) is 47.9 Å². The Kier molecular flexibility index (Phi) is 12.2. The van der Waals surface area contributed by atoms with Gasteiger partial charge in [0.1, 0.15) is 33.3 Å². The number of aliphatic hydroxyl groups excluding tert-OH is 1. The Hall–Kier alpha value is -4.99. The topological polar surface area (TPSA) is 157 Å². The lowest BCUT2D eigenvalue weighted by Gasteiger charge is -2.39. The van der Waals surface area contributed by atoms with Crippen LogP contribution in [0.15, 0.2) is 60.7 Å². The number of halogens is 2. The SMILES string of the molecule is Cc1ccc(C(=O)N2CC(c3ccc(C#N)cc3)C2)cc1-c1nc(C(CCO)CCCOC(=O)c2ccc(C)c(-c3nc(C4CCOCC4)[nH]c3Cl)c2)[nH]c1Cl. The Labute approximate surface area is 336 Å². The summed E-state index contributed by atoms with van der Waals surface area (Å²) in [4.78, 5) is 44.6. The maximum absolute atomic E-state index is 13.5. The number of imidazole rings is 2. The van der Waals surface area contributed by atoms with Crippen molar-refractivity contribution in [2.24, 2.45) is 0 Å². The predicted molar refractivity (Wildman–Crippen MR) is 214 cm³/mol. The number of aromatic nitrogens is 4. The Morgan fingerprint density at radius 1 is 0.911 bits per heavy atom. The van der Waals surface area contributed by atoms with Crippen molar-refractivity contribution >= 4 is 35.1 Å². The number of aliphatic hydroxyl groups is 1. The number of nitrogens with zero attached hydrogens (tertiary/aromatic N) is 4. The number of nitriles is 1. The van der Waals surface area contributed by atoms with E-state index >= 15 is 0 Å². The minimum absolute atomic E-state index is 0.0570. The summed E-state index contributed by atoms with van der Waals surface area (Å²) in [6.45, 7) is 6.61. The maximum Gasteiger partial charge on any atom is 0.338 e. The number of ether oxygens (including phenoxy) is 2. The molecule has 13 heteroatoms. The molecule has 5 aromatic rings. The fraction of sp³-hybridized carbons (Fsp3) is 0.372. The second-order valence-electron chi connectivity index (χ2n) is 14.6. The average Bonchev–Trinajstić information content (AvgIpc) is 3.78. The molecular formula is C43H44Cl2N6O5. The second-order valence-corrected chi connectivity index (χ2v) is 15.4. The lowest BCUT2D eigenvalue weighted by atomic mass is 9.90. The molecule has 0 aliphatic carbocycles. The molecule has 56 heavy (non-hydrogen) atoms. The lowest BCUT2D eigenvalue weighted by molar-refractivity contribution is 0.0494. The van der Waals surface area contributed by atoms with E-state index in [-0.39, 0.29) is 36.9 Å². The number of carbonyl (C=O) groups excluding carboxylic acids is 2. The number of likely N-dealkylation sites (tertiary alicyclic amines) is 1. The Morgan fingerprint density at radius 2 is 1.55 bits per heavy atom. The van der Waals surface area contributed by atoms with Gasteiger partial charge >= 0.3 is 5.97 Å². The third kappa shape index (κ3) is 8.54. The van der Waals surface area contributed by atoms with Crippen LogP contribution in [-0.4, -0.2) is 81.3 Å². The number of rotatable bonds is 13. The molecule has 0 bridgehead atoms. The van der Waals surface area contributed by atoms with Crippen LogP contribution < -0.4 is 0 Å². The molecule has 1 atom stereocenters. The van der Waals surface area contributed by atoms with Crippen LogP contribution in [0.3, 0.4) is 0 Å². The van der Waals surface area contributed by atoms with Gasteiger partial charge in [0.15, 0.2) is 0 Å². The van der Waals surface area contributed by atoms with Crippen LogP contribution in [0.1, 0.15) is 104 Å². The van der Waals surface area contributed by atoms with E-state index in [0.29, 0.717) is 89.8 Å². The zero-order valence-electron chi connectivity index (χ0n) is 31.4. The van der Waals surface area contributed by atoms with Gasteiger partial charge in [-0.1, -0.05) is 47.5 Å². The number of amides is 1. The first kappa shape index (κ1) is 39.3. The van der Waals surface area contributed by atoms with E-state index in [9.17, 15) is 14.7 Å². The summed E-state index contributed by atoms with van der Waals surface area (Å²) in [7, 11) is 0. The minimum Gasteiger partial charge on any atom is -0.462 e. The third-order valence-corrected chi connectivity index (χ3v) is 11.5. The zero-order chi connectivity index (χ0) is 39.3. The first-order valence-electron chi connectivity index (χ1n) is 19.0. The summed E-state index contributed by atoms with van der Waals surface area (Å²) in [5.74, 6) is 1.24. The third-order valence-electron chi connectivity index (χ3n) is 10.9. The standard InChI is InChI=1S/C43H44Cl2N6O5/c1-25-5-9-31(42(53)51-23-33(24-51)28-11-7-27(22-46)8-12-28)20-34(25)36-38(44)49-40(47-36)29(13-16-52)4-3-17-56-43(54)32-10-6-26(2)35(21-32)37-39(45)50-41(48-37)30-14-18-55-19-15-30/h5-12,20-21,29-30,33,52H,3-4,13-19,23-24H2,1-2H3,(H,47,49)(H,48,50). The van der Waals surface area contributed by atoms with E-state index in [1.54, 1.807) is 24.3 Å². The van der Waals surface area contributed by atoms with Crippen molar-refractivity contribution in [1.29, 1.82) is 5.26 Å². The van der Waals surface area contributed by atoms with Gasteiger partial charge in [-0.15, -0.1) is 0 Å². The molecule has 7 rings (SSSR count). The summed E-state index contributed by atoms with van der Waals surface area (Å²) in [5, 5.41) is 19.8. The maximum atomic E-state index is 13.5. The Bertz CT molecular complexity index is 2250. The largest absolute Gasteiger partial charge is 0.462 e. The molecule has 2 saturated heterocycles. The quantitative estimate of drug-likeness (QED) is 0.0791. The summed E-state index contributed by atoms with van der Waals surface area (Å²) in [6, 6.07) is 20.6. The van der Waals surface area contributed by atoms with Crippen LogP contribution in [-0.2, 0) is 9.47 Å². The van der Waals surface area contributed by atoms with Crippen molar-refractivity contribution in [1.82, 2.24) is 24.8 Å². The number of nitrogens with one attached hydrogen (secondary N) is 2. The molecular weight excluding hydrogens is 751 g/mol. The van der Waals surface area contributed by atoms with E-state index in [0.717, 1.165) is 46.5 Å². The molecule has 2 aromatic heterocycles.